The summed E-state index contributed by atoms with van der Waals surface area (Å²) >= 11 is 0. The molecule has 8 nitrogen and oxygen atoms in total. The normalized spacial score (nSPS) is 15.5. The Kier molecular flexibility index (Phi) is 6.79. The summed E-state index contributed by atoms with van der Waals surface area (Å²) in [5.41, 5.74) is 1.85. The fourth-order valence-corrected chi connectivity index (χ4v) is 3.95. The van der Waals surface area contributed by atoms with E-state index < -0.39 is 0 Å². The number of rotatable bonds is 8. The molecule has 0 radical (unpaired) electrons. The van der Waals surface area contributed by atoms with E-state index in [1.165, 1.54) is 0 Å². The van der Waals surface area contributed by atoms with Crippen LogP contribution in [0, 0.1) is 0 Å². The van der Waals surface area contributed by atoms with Crippen molar-refractivity contribution in [3.63, 3.8) is 0 Å². The first-order valence-electron chi connectivity index (χ1n) is 10.9. The third kappa shape index (κ3) is 4.96. The third-order valence-electron chi connectivity index (χ3n) is 5.52. The highest BCUT2D eigenvalue weighted by Gasteiger charge is 2.31. The maximum atomic E-state index is 13.2. The van der Waals surface area contributed by atoms with E-state index in [1.54, 1.807) is 16.9 Å². The van der Waals surface area contributed by atoms with Crippen LogP contribution < -0.4 is 10.1 Å². The summed E-state index contributed by atoms with van der Waals surface area (Å²) in [5.74, 6) is 0.284. The number of aromatic nitrogens is 3. The molecule has 166 valence electrons. The molecule has 8 heteroatoms. The molecule has 1 fully saturated rings. The highest BCUT2D eigenvalue weighted by molar-refractivity contribution is 5.97. The summed E-state index contributed by atoms with van der Waals surface area (Å²) in [4.78, 5) is 27.5. The first-order chi connectivity index (χ1) is 15.7. The Morgan fingerprint density at radius 2 is 1.91 bits per heavy atom. The molecule has 1 N–H and O–H groups in total. The molecule has 0 spiro atoms. The Labute approximate surface area is 187 Å². The van der Waals surface area contributed by atoms with Gasteiger partial charge in [-0.15, -0.1) is 5.10 Å². The van der Waals surface area contributed by atoms with E-state index in [1.807, 2.05) is 60.4 Å². The van der Waals surface area contributed by atoms with Gasteiger partial charge in [0.2, 0.25) is 0 Å². The monoisotopic (exact) mass is 433 g/mol. The van der Waals surface area contributed by atoms with E-state index in [2.05, 4.69) is 15.6 Å². The second-order valence-electron chi connectivity index (χ2n) is 7.72. The summed E-state index contributed by atoms with van der Waals surface area (Å²) in [6.07, 6.45) is 3.43. The third-order valence-corrected chi connectivity index (χ3v) is 5.52. The molecule has 4 rings (SSSR count). The van der Waals surface area contributed by atoms with Crippen LogP contribution in [0.5, 0.6) is 5.75 Å². The summed E-state index contributed by atoms with van der Waals surface area (Å²) in [7, 11) is 0. The van der Waals surface area contributed by atoms with Crippen molar-refractivity contribution in [3.05, 3.63) is 77.6 Å². The number of benzene rings is 2. The van der Waals surface area contributed by atoms with E-state index in [4.69, 9.17) is 4.74 Å². The van der Waals surface area contributed by atoms with Crippen LogP contribution in [0.1, 0.15) is 46.2 Å². The molecular formula is C24H27N5O3. The first-order valence-corrected chi connectivity index (χ1v) is 10.9. The van der Waals surface area contributed by atoms with Crippen molar-refractivity contribution in [1.82, 2.24) is 25.2 Å². The average molecular weight is 434 g/mol. The van der Waals surface area contributed by atoms with Crippen molar-refractivity contribution in [2.75, 3.05) is 13.2 Å². The van der Waals surface area contributed by atoms with Crippen molar-refractivity contribution in [2.24, 2.45) is 0 Å². The topological polar surface area (TPSA) is 89.4 Å². The molecule has 1 aromatic heterocycles. The average Bonchev–Trinajstić information content (AvgIpc) is 3.48. The predicted octanol–water partition coefficient (Wildman–Crippen LogP) is 2.91. The zero-order valence-corrected chi connectivity index (χ0v) is 18.1. The van der Waals surface area contributed by atoms with E-state index in [0.29, 0.717) is 37.6 Å². The molecule has 2 heterocycles. The Hall–Kier alpha value is -3.68. The SMILES string of the molecule is CCOc1ccccc1C(=O)N1CCC[C@H]1Cn1cc(C(=O)NCc2ccccc2)nn1. The van der Waals surface area contributed by atoms with Crippen LogP contribution in [-0.2, 0) is 13.1 Å². The lowest BCUT2D eigenvalue weighted by atomic mass is 10.1. The van der Waals surface area contributed by atoms with Crippen LogP contribution in [0.3, 0.4) is 0 Å². The van der Waals surface area contributed by atoms with Gasteiger partial charge < -0.3 is 15.0 Å². The molecule has 0 aliphatic carbocycles. The van der Waals surface area contributed by atoms with Gasteiger partial charge in [0.25, 0.3) is 11.8 Å². The smallest absolute Gasteiger partial charge is 0.273 e. The molecular weight excluding hydrogens is 406 g/mol. The van der Waals surface area contributed by atoms with Crippen LogP contribution in [0.4, 0.5) is 0 Å². The number of amides is 2. The number of carbonyl (C=O) groups excluding carboxylic acids is 2. The van der Waals surface area contributed by atoms with Crippen molar-refractivity contribution in [1.29, 1.82) is 0 Å². The maximum Gasteiger partial charge on any atom is 0.273 e. The van der Waals surface area contributed by atoms with Gasteiger partial charge in [0.05, 0.1) is 31.0 Å². The number of likely N-dealkylation sites (tertiary alicyclic amines) is 1. The quantitative estimate of drug-likeness (QED) is 0.590. The van der Waals surface area contributed by atoms with Crippen molar-refractivity contribution in [3.8, 4) is 5.75 Å². The van der Waals surface area contributed by atoms with Gasteiger partial charge in [-0.2, -0.15) is 0 Å². The number of hydrogen-bond acceptors (Lipinski definition) is 5. The molecule has 0 bridgehead atoms. The lowest BCUT2D eigenvalue weighted by Crippen LogP contribution is -2.38. The molecule has 32 heavy (non-hydrogen) atoms. The molecule has 1 aliphatic rings. The standard InChI is InChI=1S/C24H27N5O3/c1-2-32-22-13-7-6-12-20(22)24(31)29-14-8-11-19(29)16-28-17-21(26-27-28)23(30)25-15-18-9-4-3-5-10-18/h3-7,9-10,12-13,17,19H,2,8,11,14-16H2,1H3,(H,25,30)/t19-/m0/s1. The van der Waals surface area contributed by atoms with Crippen LogP contribution in [0.25, 0.3) is 0 Å². The summed E-state index contributed by atoms with van der Waals surface area (Å²) in [6, 6.07) is 17.0. The Bertz CT molecular complexity index is 1070. The van der Waals surface area contributed by atoms with Crippen LogP contribution >= 0.6 is 0 Å². The van der Waals surface area contributed by atoms with Crippen LogP contribution in [0.2, 0.25) is 0 Å². The summed E-state index contributed by atoms with van der Waals surface area (Å²) in [5, 5.41) is 11.0. The van der Waals surface area contributed by atoms with E-state index in [0.717, 1.165) is 18.4 Å². The van der Waals surface area contributed by atoms with E-state index in [9.17, 15) is 9.59 Å². The molecule has 2 amide bonds. The zero-order chi connectivity index (χ0) is 22.3. The molecule has 0 saturated carbocycles. The molecule has 1 atom stereocenters. The number of para-hydroxylation sites is 1. The molecule has 2 aromatic carbocycles. The lowest BCUT2D eigenvalue weighted by Gasteiger charge is -2.25. The largest absolute Gasteiger partial charge is 0.493 e. The van der Waals surface area contributed by atoms with E-state index >= 15 is 0 Å². The van der Waals surface area contributed by atoms with Crippen LogP contribution in [-0.4, -0.2) is 50.9 Å². The maximum absolute atomic E-state index is 13.2. The van der Waals surface area contributed by atoms with Gasteiger partial charge in [0.15, 0.2) is 5.69 Å². The lowest BCUT2D eigenvalue weighted by molar-refractivity contribution is 0.0716. The molecule has 3 aromatic rings. The Balaban J connectivity index is 1.39. The van der Waals surface area contributed by atoms with Gasteiger partial charge in [-0.3, -0.25) is 9.59 Å². The minimum Gasteiger partial charge on any atom is -0.493 e. The summed E-state index contributed by atoms with van der Waals surface area (Å²) in [6.45, 7) is 4.00. The highest BCUT2D eigenvalue weighted by atomic mass is 16.5. The van der Waals surface area contributed by atoms with Gasteiger partial charge >= 0.3 is 0 Å². The minimum atomic E-state index is -0.273. The fraction of sp³-hybridized carbons (Fsp3) is 0.333. The van der Waals surface area contributed by atoms with Crippen molar-refractivity contribution >= 4 is 11.8 Å². The number of carbonyl (C=O) groups is 2. The first kappa shape index (κ1) is 21.5. The molecule has 1 aliphatic heterocycles. The molecule has 0 unspecified atom stereocenters. The minimum absolute atomic E-state index is 0.0147. The van der Waals surface area contributed by atoms with Gasteiger partial charge in [-0.1, -0.05) is 47.7 Å². The highest BCUT2D eigenvalue weighted by Crippen LogP contribution is 2.26. The van der Waals surface area contributed by atoms with Crippen molar-refractivity contribution in [2.45, 2.75) is 38.9 Å². The van der Waals surface area contributed by atoms with Gasteiger partial charge in [-0.25, -0.2) is 4.68 Å². The second kappa shape index (κ2) is 10.1. The van der Waals surface area contributed by atoms with Crippen molar-refractivity contribution < 1.29 is 14.3 Å². The molecule has 1 saturated heterocycles. The summed E-state index contributed by atoms with van der Waals surface area (Å²) < 4.78 is 7.28. The van der Waals surface area contributed by atoms with Gasteiger partial charge in [0.1, 0.15) is 5.75 Å². The number of nitrogens with zero attached hydrogens (tertiary/aromatic N) is 4. The number of hydrogen-bond donors (Lipinski definition) is 1. The van der Waals surface area contributed by atoms with Gasteiger partial charge in [0, 0.05) is 13.1 Å². The number of nitrogens with one attached hydrogen (secondary N) is 1. The Morgan fingerprint density at radius 3 is 2.72 bits per heavy atom. The fourth-order valence-electron chi connectivity index (χ4n) is 3.95. The second-order valence-corrected chi connectivity index (χ2v) is 7.72. The van der Waals surface area contributed by atoms with E-state index in [-0.39, 0.29) is 23.6 Å². The Morgan fingerprint density at radius 1 is 1.12 bits per heavy atom. The number of ether oxygens (including phenoxy) is 1. The predicted molar refractivity (Wildman–Crippen MR) is 119 cm³/mol. The van der Waals surface area contributed by atoms with Gasteiger partial charge in [-0.05, 0) is 37.5 Å². The van der Waals surface area contributed by atoms with Crippen LogP contribution in [0.15, 0.2) is 60.8 Å². The zero-order valence-electron chi connectivity index (χ0n) is 18.1.